The number of hydrogen-bond donors (Lipinski definition) is 3. The monoisotopic (exact) mass is 343 g/mol. The molecule has 0 aliphatic carbocycles. The number of anilines is 2. The Hall–Kier alpha value is -1.45. The Morgan fingerprint density at radius 2 is 2.22 bits per heavy atom. The molecule has 0 radical (unpaired) electrons. The third-order valence-electron chi connectivity index (χ3n) is 3.90. The maximum Gasteiger partial charge on any atom is 0.211 e. The lowest BCUT2D eigenvalue weighted by Gasteiger charge is -2.24. The van der Waals surface area contributed by atoms with Gasteiger partial charge in [0.15, 0.2) is 0 Å². The standard InChI is InChI=1S/C14H25N5O3S/c1-2-23(21,22)18-7-4-6-15-13-9-14(17-11-16-13)19-8-3-5-12(19)10-20/h9,11-12,18,20H,2-8,10H2,1H3,(H,15,16,17)/t12-/m0/s1. The molecular weight excluding hydrogens is 318 g/mol. The smallest absolute Gasteiger partial charge is 0.211 e. The van der Waals surface area contributed by atoms with Crippen LogP contribution >= 0.6 is 0 Å². The van der Waals surface area contributed by atoms with Gasteiger partial charge in [-0.1, -0.05) is 0 Å². The van der Waals surface area contributed by atoms with E-state index >= 15 is 0 Å². The highest BCUT2D eigenvalue weighted by Gasteiger charge is 2.25. The SMILES string of the molecule is CCS(=O)(=O)NCCCNc1cc(N2CCC[C@H]2CO)ncn1. The van der Waals surface area contributed by atoms with Gasteiger partial charge in [0.2, 0.25) is 10.0 Å². The highest BCUT2D eigenvalue weighted by atomic mass is 32.2. The molecule has 3 N–H and O–H groups in total. The molecule has 9 heteroatoms. The molecule has 0 amide bonds. The van der Waals surface area contributed by atoms with E-state index in [9.17, 15) is 13.5 Å². The van der Waals surface area contributed by atoms with Crippen LogP contribution in [0.3, 0.4) is 0 Å². The molecule has 2 heterocycles. The summed E-state index contributed by atoms with van der Waals surface area (Å²) in [7, 11) is -3.13. The van der Waals surface area contributed by atoms with E-state index in [0.29, 0.717) is 25.3 Å². The van der Waals surface area contributed by atoms with E-state index in [1.807, 2.05) is 6.07 Å². The Labute approximate surface area is 137 Å². The number of hydrogen-bond acceptors (Lipinski definition) is 7. The van der Waals surface area contributed by atoms with Crippen LogP contribution in [-0.2, 0) is 10.0 Å². The summed E-state index contributed by atoms with van der Waals surface area (Å²) in [6.07, 6.45) is 4.20. The van der Waals surface area contributed by atoms with Gasteiger partial charge in [0.1, 0.15) is 18.0 Å². The van der Waals surface area contributed by atoms with E-state index in [0.717, 1.165) is 25.2 Å². The topological polar surface area (TPSA) is 107 Å². The van der Waals surface area contributed by atoms with Crippen LogP contribution in [0.1, 0.15) is 26.2 Å². The summed E-state index contributed by atoms with van der Waals surface area (Å²) in [5.41, 5.74) is 0. The summed E-state index contributed by atoms with van der Waals surface area (Å²) in [4.78, 5) is 10.6. The molecular formula is C14H25N5O3S. The fraction of sp³-hybridized carbons (Fsp3) is 0.714. The Kier molecular flexibility index (Phi) is 6.55. The number of nitrogens with one attached hydrogen (secondary N) is 2. The molecule has 2 rings (SSSR count). The van der Waals surface area contributed by atoms with Crippen molar-refractivity contribution in [1.29, 1.82) is 0 Å². The summed E-state index contributed by atoms with van der Waals surface area (Å²) in [6.45, 7) is 3.65. The Balaban J connectivity index is 1.81. The first-order chi connectivity index (χ1) is 11.1. The quantitative estimate of drug-likeness (QED) is 0.549. The van der Waals surface area contributed by atoms with Crippen LogP contribution in [0.5, 0.6) is 0 Å². The molecule has 1 aromatic heterocycles. The van der Waals surface area contributed by atoms with Crippen LogP contribution in [0.15, 0.2) is 12.4 Å². The van der Waals surface area contributed by atoms with E-state index in [1.54, 1.807) is 6.92 Å². The van der Waals surface area contributed by atoms with Crippen molar-refractivity contribution in [3.05, 3.63) is 12.4 Å². The molecule has 1 atom stereocenters. The van der Waals surface area contributed by atoms with Gasteiger partial charge in [-0.15, -0.1) is 0 Å². The number of aliphatic hydroxyl groups is 1. The molecule has 130 valence electrons. The minimum atomic E-state index is -3.13. The summed E-state index contributed by atoms with van der Waals surface area (Å²) < 4.78 is 25.1. The van der Waals surface area contributed by atoms with Gasteiger partial charge in [0.05, 0.1) is 18.4 Å². The van der Waals surface area contributed by atoms with Gasteiger partial charge in [-0.2, -0.15) is 0 Å². The molecule has 1 aromatic rings. The lowest BCUT2D eigenvalue weighted by atomic mass is 10.2. The number of sulfonamides is 1. The van der Waals surface area contributed by atoms with Crippen LogP contribution in [0.25, 0.3) is 0 Å². The fourth-order valence-electron chi connectivity index (χ4n) is 2.56. The zero-order chi connectivity index (χ0) is 16.7. The van der Waals surface area contributed by atoms with Crippen LogP contribution in [-0.4, -0.2) is 61.5 Å². The summed E-state index contributed by atoms with van der Waals surface area (Å²) in [5, 5.41) is 12.6. The minimum Gasteiger partial charge on any atom is -0.394 e. The first-order valence-electron chi connectivity index (χ1n) is 7.96. The molecule has 8 nitrogen and oxygen atoms in total. The maximum absolute atomic E-state index is 11.3. The fourth-order valence-corrected chi connectivity index (χ4v) is 3.22. The average Bonchev–Trinajstić information content (AvgIpc) is 3.03. The maximum atomic E-state index is 11.3. The first-order valence-corrected chi connectivity index (χ1v) is 9.61. The van der Waals surface area contributed by atoms with E-state index in [2.05, 4.69) is 24.9 Å². The van der Waals surface area contributed by atoms with Crippen molar-refractivity contribution >= 4 is 21.7 Å². The van der Waals surface area contributed by atoms with E-state index in [4.69, 9.17) is 0 Å². The predicted molar refractivity (Wildman–Crippen MR) is 90.1 cm³/mol. The molecule has 1 fully saturated rings. The second-order valence-corrected chi connectivity index (χ2v) is 7.61. The Morgan fingerprint density at radius 1 is 1.39 bits per heavy atom. The van der Waals surface area contributed by atoms with Crippen LogP contribution in [0.2, 0.25) is 0 Å². The normalized spacial score (nSPS) is 18.3. The van der Waals surface area contributed by atoms with Crippen molar-refractivity contribution in [2.75, 3.05) is 42.2 Å². The molecule has 1 aliphatic rings. The summed E-state index contributed by atoms with van der Waals surface area (Å²) in [5.74, 6) is 1.61. The van der Waals surface area contributed by atoms with Gasteiger partial charge < -0.3 is 15.3 Å². The zero-order valence-electron chi connectivity index (χ0n) is 13.4. The van der Waals surface area contributed by atoms with Gasteiger partial charge >= 0.3 is 0 Å². The molecule has 0 spiro atoms. The summed E-state index contributed by atoms with van der Waals surface area (Å²) in [6, 6.07) is 1.99. The van der Waals surface area contributed by atoms with Gasteiger partial charge in [0, 0.05) is 25.7 Å². The highest BCUT2D eigenvalue weighted by Crippen LogP contribution is 2.24. The van der Waals surface area contributed by atoms with Gasteiger partial charge in [-0.25, -0.2) is 23.1 Å². The number of aromatic nitrogens is 2. The second kappa shape index (κ2) is 8.42. The lowest BCUT2D eigenvalue weighted by molar-refractivity contribution is 0.266. The van der Waals surface area contributed by atoms with Gasteiger partial charge in [0.25, 0.3) is 0 Å². The lowest BCUT2D eigenvalue weighted by Crippen LogP contribution is -2.32. The van der Waals surface area contributed by atoms with Crippen molar-refractivity contribution in [3.8, 4) is 0 Å². The van der Waals surface area contributed by atoms with Crippen LogP contribution in [0.4, 0.5) is 11.6 Å². The van der Waals surface area contributed by atoms with Crippen molar-refractivity contribution in [3.63, 3.8) is 0 Å². The molecule has 0 saturated carbocycles. The van der Waals surface area contributed by atoms with Crippen molar-refractivity contribution < 1.29 is 13.5 Å². The summed E-state index contributed by atoms with van der Waals surface area (Å²) >= 11 is 0. The van der Waals surface area contributed by atoms with E-state index in [-0.39, 0.29) is 18.4 Å². The highest BCUT2D eigenvalue weighted by molar-refractivity contribution is 7.89. The van der Waals surface area contributed by atoms with Crippen LogP contribution < -0.4 is 14.9 Å². The molecule has 0 aromatic carbocycles. The van der Waals surface area contributed by atoms with Crippen molar-refractivity contribution in [2.45, 2.75) is 32.2 Å². The van der Waals surface area contributed by atoms with Crippen molar-refractivity contribution in [2.24, 2.45) is 0 Å². The third-order valence-corrected chi connectivity index (χ3v) is 5.30. The number of nitrogens with zero attached hydrogens (tertiary/aromatic N) is 3. The average molecular weight is 343 g/mol. The van der Waals surface area contributed by atoms with Gasteiger partial charge in [-0.05, 0) is 26.2 Å². The Bertz CT molecular complexity index is 596. The number of aliphatic hydroxyl groups excluding tert-OH is 1. The molecule has 23 heavy (non-hydrogen) atoms. The minimum absolute atomic E-state index is 0.0948. The molecule has 1 aliphatic heterocycles. The molecule has 0 bridgehead atoms. The Morgan fingerprint density at radius 3 is 2.96 bits per heavy atom. The van der Waals surface area contributed by atoms with Gasteiger partial charge in [-0.3, -0.25) is 0 Å². The number of rotatable bonds is 9. The third kappa shape index (κ3) is 5.29. The largest absolute Gasteiger partial charge is 0.394 e. The molecule has 0 unspecified atom stereocenters. The second-order valence-electron chi connectivity index (χ2n) is 5.51. The van der Waals surface area contributed by atoms with Crippen LogP contribution in [0, 0.1) is 0 Å². The zero-order valence-corrected chi connectivity index (χ0v) is 14.2. The van der Waals surface area contributed by atoms with Crippen molar-refractivity contribution in [1.82, 2.24) is 14.7 Å². The van der Waals surface area contributed by atoms with E-state index in [1.165, 1.54) is 6.33 Å². The first kappa shape index (κ1) is 17.9. The predicted octanol–water partition coefficient (Wildman–Crippen LogP) is 0.179. The molecule has 1 saturated heterocycles. The van der Waals surface area contributed by atoms with E-state index < -0.39 is 10.0 Å².